The van der Waals surface area contributed by atoms with Gasteiger partial charge in [-0.25, -0.2) is 15.0 Å². The van der Waals surface area contributed by atoms with Gasteiger partial charge in [-0.2, -0.15) is 10.2 Å². The minimum Gasteiger partial charge on any atom is -0.438 e. The third-order valence-electron chi connectivity index (χ3n) is 4.93. The Kier molecular flexibility index (Phi) is 5.55. The van der Waals surface area contributed by atoms with Crippen LogP contribution in [-0.4, -0.2) is 33.5 Å². The van der Waals surface area contributed by atoms with Crippen LogP contribution < -0.4 is 15.4 Å². The van der Waals surface area contributed by atoms with Gasteiger partial charge in [0.25, 0.3) is 0 Å². The maximum Gasteiger partial charge on any atom is 0.224 e. The Morgan fingerprint density at radius 1 is 1.20 bits per heavy atom. The molecule has 0 saturated heterocycles. The lowest BCUT2D eigenvalue weighted by Gasteiger charge is -2.19. The van der Waals surface area contributed by atoms with Crippen molar-refractivity contribution >= 4 is 5.82 Å². The number of benzene rings is 1. The van der Waals surface area contributed by atoms with Crippen LogP contribution in [0.3, 0.4) is 0 Å². The van der Waals surface area contributed by atoms with Crippen molar-refractivity contribution in [2.24, 2.45) is 11.7 Å². The zero-order valence-corrected chi connectivity index (χ0v) is 17.0. The smallest absolute Gasteiger partial charge is 0.224 e. The molecule has 30 heavy (non-hydrogen) atoms. The third kappa shape index (κ3) is 4.53. The number of nitriles is 1. The molecule has 0 amide bonds. The highest BCUT2D eigenvalue weighted by molar-refractivity contribution is 5.66. The largest absolute Gasteiger partial charge is 0.438 e. The van der Waals surface area contributed by atoms with Crippen LogP contribution in [0.1, 0.15) is 29.8 Å². The highest BCUT2D eigenvalue weighted by Gasteiger charge is 2.24. The van der Waals surface area contributed by atoms with Gasteiger partial charge in [-0.3, -0.25) is 0 Å². The van der Waals surface area contributed by atoms with E-state index >= 15 is 0 Å². The molecule has 4 rings (SSSR count). The standard InChI is InChI=1S/C22H23N7O/c1-14-27-20(29(2)13-15-3-4-15)8-21(28-14)30-19-7-16(9-23)5-6-18(19)22-25-11-17(10-24)12-26-22/h5-8,11-12,15H,3-4,10,13,24H2,1-2H3. The number of anilines is 1. The average Bonchev–Trinajstić information content (AvgIpc) is 3.57. The number of hydrogen-bond acceptors (Lipinski definition) is 8. The van der Waals surface area contributed by atoms with Gasteiger partial charge >= 0.3 is 0 Å². The zero-order valence-electron chi connectivity index (χ0n) is 17.0. The van der Waals surface area contributed by atoms with E-state index in [1.54, 1.807) is 30.6 Å². The van der Waals surface area contributed by atoms with Crippen molar-refractivity contribution < 1.29 is 4.74 Å². The first-order valence-corrected chi connectivity index (χ1v) is 9.86. The molecule has 0 aliphatic heterocycles. The number of nitrogens with two attached hydrogens (primary N) is 1. The average molecular weight is 401 g/mol. The molecular weight excluding hydrogens is 378 g/mol. The van der Waals surface area contributed by atoms with Crippen LogP contribution in [0.5, 0.6) is 11.6 Å². The normalized spacial score (nSPS) is 13.0. The molecule has 0 atom stereocenters. The molecule has 2 heterocycles. The van der Waals surface area contributed by atoms with E-state index in [1.807, 2.05) is 20.0 Å². The lowest BCUT2D eigenvalue weighted by molar-refractivity contribution is 0.461. The Bertz CT molecular complexity index is 1090. The summed E-state index contributed by atoms with van der Waals surface area (Å²) in [5.41, 5.74) is 7.62. The summed E-state index contributed by atoms with van der Waals surface area (Å²) in [6.07, 6.45) is 5.91. The number of aryl methyl sites for hydroxylation is 1. The van der Waals surface area contributed by atoms with Gasteiger partial charge in [-0.15, -0.1) is 0 Å². The Balaban J connectivity index is 1.67. The van der Waals surface area contributed by atoms with Crippen LogP contribution in [0.25, 0.3) is 11.4 Å². The maximum absolute atomic E-state index is 9.33. The molecule has 0 bridgehead atoms. The van der Waals surface area contributed by atoms with Crippen molar-refractivity contribution in [1.29, 1.82) is 5.26 Å². The molecule has 8 heteroatoms. The molecule has 1 aliphatic carbocycles. The Morgan fingerprint density at radius 2 is 1.97 bits per heavy atom. The first-order valence-electron chi connectivity index (χ1n) is 9.86. The summed E-state index contributed by atoms with van der Waals surface area (Å²) < 4.78 is 6.12. The lowest BCUT2D eigenvalue weighted by atomic mass is 10.1. The second-order valence-corrected chi connectivity index (χ2v) is 7.48. The molecule has 2 aromatic heterocycles. The van der Waals surface area contributed by atoms with Gasteiger partial charge in [-0.1, -0.05) is 0 Å². The van der Waals surface area contributed by atoms with E-state index in [1.165, 1.54) is 12.8 Å². The second-order valence-electron chi connectivity index (χ2n) is 7.48. The summed E-state index contributed by atoms with van der Waals surface area (Å²) in [5.74, 6) is 3.53. The monoisotopic (exact) mass is 401 g/mol. The summed E-state index contributed by atoms with van der Waals surface area (Å²) in [6.45, 7) is 3.17. The third-order valence-corrected chi connectivity index (χ3v) is 4.93. The topological polar surface area (TPSA) is 114 Å². The minimum absolute atomic E-state index is 0.369. The van der Waals surface area contributed by atoms with E-state index in [4.69, 9.17) is 10.5 Å². The number of ether oxygens (including phenoxy) is 1. The van der Waals surface area contributed by atoms with E-state index in [2.05, 4.69) is 30.9 Å². The lowest BCUT2D eigenvalue weighted by Crippen LogP contribution is -2.21. The Labute approximate surface area is 175 Å². The van der Waals surface area contributed by atoms with E-state index in [-0.39, 0.29) is 0 Å². The van der Waals surface area contributed by atoms with Gasteiger partial charge in [-0.05, 0) is 43.9 Å². The van der Waals surface area contributed by atoms with Crippen LogP contribution in [-0.2, 0) is 6.54 Å². The van der Waals surface area contributed by atoms with Crippen LogP contribution in [0, 0.1) is 24.2 Å². The summed E-state index contributed by atoms with van der Waals surface area (Å²) in [5, 5.41) is 9.33. The Morgan fingerprint density at radius 3 is 2.63 bits per heavy atom. The quantitative estimate of drug-likeness (QED) is 0.642. The van der Waals surface area contributed by atoms with Gasteiger partial charge in [0.05, 0.1) is 17.2 Å². The van der Waals surface area contributed by atoms with Crippen molar-refractivity contribution in [1.82, 2.24) is 19.9 Å². The molecule has 0 radical (unpaired) electrons. The molecular formula is C22H23N7O. The zero-order chi connectivity index (χ0) is 21.1. The van der Waals surface area contributed by atoms with Gasteiger partial charge in [0.1, 0.15) is 17.4 Å². The van der Waals surface area contributed by atoms with Crippen molar-refractivity contribution in [3.8, 4) is 29.1 Å². The van der Waals surface area contributed by atoms with Gasteiger partial charge in [0.2, 0.25) is 5.88 Å². The van der Waals surface area contributed by atoms with E-state index in [0.29, 0.717) is 40.9 Å². The van der Waals surface area contributed by atoms with Crippen molar-refractivity contribution in [3.05, 3.63) is 53.6 Å². The molecule has 0 spiro atoms. The van der Waals surface area contributed by atoms with Crippen molar-refractivity contribution in [3.63, 3.8) is 0 Å². The SMILES string of the molecule is Cc1nc(Oc2cc(C#N)ccc2-c2ncc(CN)cn2)cc(N(C)CC2CC2)n1. The molecule has 0 unspecified atom stereocenters. The van der Waals surface area contributed by atoms with Gasteiger partial charge in [0, 0.05) is 44.2 Å². The summed E-state index contributed by atoms with van der Waals surface area (Å²) in [4.78, 5) is 19.9. The fourth-order valence-corrected chi connectivity index (χ4v) is 3.13. The number of rotatable bonds is 7. The Hall–Kier alpha value is -3.57. The molecule has 1 aliphatic rings. The predicted octanol–water partition coefficient (Wildman–Crippen LogP) is 3.21. The van der Waals surface area contributed by atoms with E-state index in [0.717, 1.165) is 23.8 Å². The molecule has 1 fully saturated rings. The van der Waals surface area contributed by atoms with Crippen LogP contribution >= 0.6 is 0 Å². The van der Waals surface area contributed by atoms with E-state index < -0.39 is 0 Å². The van der Waals surface area contributed by atoms with Gasteiger partial charge in [0.15, 0.2) is 5.82 Å². The van der Waals surface area contributed by atoms with Crippen LogP contribution in [0.15, 0.2) is 36.7 Å². The first kappa shape index (κ1) is 19.7. The maximum atomic E-state index is 9.33. The number of hydrogen-bond donors (Lipinski definition) is 1. The van der Waals surface area contributed by atoms with E-state index in [9.17, 15) is 5.26 Å². The fraction of sp³-hybridized carbons (Fsp3) is 0.318. The summed E-state index contributed by atoms with van der Waals surface area (Å²) in [6, 6.07) is 9.11. The molecule has 1 saturated carbocycles. The minimum atomic E-state index is 0.369. The molecule has 8 nitrogen and oxygen atoms in total. The molecule has 1 aromatic carbocycles. The number of aromatic nitrogens is 4. The first-order chi connectivity index (χ1) is 14.6. The molecule has 2 N–H and O–H groups in total. The highest BCUT2D eigenvalue weighted by atomic mass is 16.5. The predicted molar refractivity (Wildman–Crippen MR) is 113 cm³/mol. The second kappa shape index (κ2) is 8.43. The van der Waals surface area contributed by atoms with Crippen molar-refractivity contribution in [2.45, 2.75) is 26.3 Å². The molecule has 152 valence electrons. The summed E-state index contributed by atoms with van der Waals surface area (Å²) in [7, 11) is 2.03. The molecule has 3 aromatic rings. The highest BCUT2D eigenvalue weighted by Crippen LogP contribution is 2.34. The van der Waals surface area contributed by atoms with Crippen molar-refractivity contribution in [2.75, 3.05) is 18.5 Å². The van der Waals surface area contributed by atoms with Crippen LogP contribution in [0.4, 0.5) is 5.82 Å². The van der Waals surface area contributed by atoms with Crippen LogP contribution in [0.2, 0.25) is 0 Å². The fourth-order valence-electron chi connectivity index (χ4n) is 3.13. The summed E-state index contributed by atoms with van der Waals surface area (Å²) >= 11 is 0. The number of nitrogens with zero attached hydrogens (tertiary/aromatic N) is 6. The van der Waals surface area contributed by atoms with Gasteiger partial charge < -0.3 is 15.4 Å².